The van der Waals surface area contributed by atoms with E-state index in [1.54, 1.807) is 0 Å². The summed E-state index contributed by atoms with van der Waals surface area (Å²) in [4.78, 5) is 28.7. The minimum absolute atomic E-state index is 0.0418. The van der Waals surface area contributed by atoms with Gasteiger partial charge in [0.1, 0.15) is 5.56 Å². The summed E-state index contributed by atoms with van der Waals surface area (Å²) in [5.41, 5.74) is 3.94. The summed E-state index contributed by atoms with van der Waals surface area (Å²) in [5, 5.41) is 9.75. The van der Waals surface area contributed by atoms with Gasteiger partial charge in [-0.2, -0.15) is 5.10 Å². The quantitative estimate of drug-likeness (QED) is 0.430. The first-order valence-corrected chi connectivity index (χ1v) is 11.6. The Morgan fingerprint density at radius 1 is 0.794 bits per heavy atom. The summed E-state index contributed by atoms with van der Waals surface area (Å²) in [6, 6.07) is 26.8. The van der Waals surface area contributed by atoms with Crippen molar-refractivity contribution >= 4 is 17.3 Å². The van der Waals surface area contributed by atoms with Gasteiger partial charge in [-0.25, -0.2) is 5.10 Å². The molecule has 0 spiro atoms. The number of hydrogen-bond acceptors (Lipinski definition) is 4. The van der Waals surface area contributed by atoms with Crippen molar-refractivity contribution in [3.63, 3.8) is 0 Å². The lowest BCUT2D eigenvalue weighted by Gasteiger charge is -2.28. The van der Waals surface area contributed by atoms with Gasteiger partial charge >= 0.3 is 0 Å². The zero-order valence-corrected chi connectivity index (χ0v) is 18.8. The third-order valence-electron chi connectivity index (χ3n) is 6.17. The number of rotatable bonds is 5. The fraction of sp³-hybridized carbons (Fsp3) is 0.179. The van der Waals surface area contributed by atoms with Crippen LogP contribution in [0.4, 0.5) is 11.4 Å². The van der Waals surface area contributed by atoms with E-state index in [0.29, 0.717) is 16.9 Å². The van der Waals surface area contributed by atoms with E-state index < -0.39 is 11.5 Å². The van der Waals surface area contributed by atoms with Crippen LogP contribution in [0.2, 0.25) is 0 Å². The Labute approximate surface area is 198 Å². The molecule has 2 N–H and O–H groups in total. The van der Waals surface area contributed by atoms with Crippen LogP contribution in [0.1, 0.15) is 29.6 Å². The molecule has 0 aliphatic carbocycles. The van der Waals surface area contributed by atoms with Crippen molar-refractivity contribution in [2.45, 2.75) is 19.3 Å². The molecule has 1 saturated heterocycles. The summed E-state index contributed by atoms with van der Waals surface area (Å²) in [7, 11) is 0. The lowest BCUT2D eigenvalue weighted by molar-refractivity contribution is 0.102. The van der Waals surface area contributed by atoms with Crippen LogP contribution in [0.25, 0.3) is 22.4 Å². The van der Waals surface area contributed by atoms with Crippen LogP contribution < -0.4 is 15.8 Å². The highest BCUT2D eigenvalue weighted by Crippen LogP contribution is 2.32. The summed E-state index contributed by atoms with van der Waals surface area (Å²) < 4.78 is 0. The lowest BCUT2D eigenvalue weighted by Crippen LogP contribution is -2.29. The molecule has 1 amide bonds. The molecule has 0 unspecified atom stereocenters. The summed E-state index contributed by atoms with van der Waals surface area (Å²) >= 11 is 0. The molecule has 2 heterocycles. The SMILES string of the molecule is O=C(Nc1ccc(N2CCCCC2)cc1)c1c(-c2ccccc2)c(-c2ccccc2)n[nH]c1=O. The van der Waals surface area contributed by atoms with Crippen molar-refractivity contribution in [1.29, 1.82) is 0 Å². The molecule has 34 heavy (non-hydrogen) atoms. The summed E-state index contributed by atoms with van der Waals surface area (Å²) in [5.74, 6) is -0.467. The average Bonchev–Trinajstić information content (AvgIpc) is 2.90. The molecule has 3 aromatic carbocycles. The first kappa shape index (κ1) is 21.6. The molecule has 1 aromatic heterocycles. The van der Waals surface area contributed by atoms with Gasteiger partial charge in [0, 0.05) is 35.6 Å². The maximum Gasteiger partial charge on any atom is 0.277 e. The van der Waals surface area contributed by atoms with E-state index in [9.17, 15) is 9.59 Å². The average molecular weight is 451 g/mol. The molecule has 0 bridgehead atoms. The van der Waals surface area contributed by atoms with Gasteiger partial charge in [-0.1, -0.05) is 60.7 Å². The topological polar surface area (TPSA) is 78.1 Å². The van der Waals surface area contributed by atoms with Gasteiger partial charge in [0.15, 0.2) is 0 Å². The van der Waals surface area contributed by atoms with Crippen LogP contribution in [0.15, 0.2) is 89.7 Å². The van der Waals surface area contributed by atoms with Gasteiger partial charge in [-0.3, -0.25) is 9.59 Å². The van der Waals surface area contributed by atoms with Gasteiger partial charge in [-0.05, 0) is 49.1 Å². The van der Waals surface area contributed by atoms with Crippen LogP contribution in [-0.4, -0.2) is 29.2 Å². The molecule has 170 valence electrons. The van der Waals surface area contributed by atoms with Crippen molar-refractivity contribution in [1.82, 2.24) is 10.2 Å². The second-order valence-electron chi connectivity index (χ2n) is 8.43. The van der Waals surface area contributed by atoms with E-state index in [0.717, 1.165) is 29.9 Å². The first-order valence-electron chi connectivity index (χ1n) is 11.6. The fourth-order valence-electron chi connectivity index (χ4n) is 4.46. The fourth-order valence-corrected chi connectivity index (χ4v) is 4.46. The number of anilines is 2. The van der Waals surface area contributed by atoms with E-state index in [-0.39, 0.29) is 5.56 Å². The number of nitrogens with zero attached hydrogens (tertiary/aromatic N) is 2. The van der Waals surface area contributed by atoms with Crippen LogP contribution in [0.3, 0.4) is 0 Å². The zero-order valence-electron chi connectivity index (χ0n) is 18.8. The number of H-pyrrole nitrogens is 1. The van der Waals surface area contributed by atoms with Crippen LogP contribution in [-0.2, 0) is 0 Å². The number of piperidine rings is 1. The van der Waals surface area contributed by atoms with Crippen molar-refractivity contribution in [2.75, 3.05) is 23.3 Å². The molecule has 1 aliphatic rings. The van der Waals surface area contributed by atoms with E-state index in [1.807, 2.05) is 84.9 Å². The number of nitrogens with one attached hydrogen (secondary N) is 2. The Balaban J connectivity index is 1.51. The standard InChI is InChI=1S/C28H26N4O2/c33-27(29-22-14-16-23(17-15-22)32-18-8-3-9-19-32)25-24(20-10-4-1-5-11-20)26(30-31-28(25)34)21-12-6-2-7-13-21/h1-2,4-7,10-17H,3,8-9,18-19H2,(H,29,33)(H,31,34). The number of carbonyl (C=O) groups excluding carboxylic acids is 1. The van der Waals surface area contributed by atoms with E-state index in [1.165, 1.54) is 19.3 Å². The molecular weight excluding hydrogens is 424 g/mol. The predicted molar refractivity (Wildman–Crippen MR) is 136 cm³/mol. The molecule has 6 heteroatoms. The van der Waals surface area contributed by atoms with Crippen LogP contribution in [0, 0.1) is 0 Å². The van der Waals surface area contributed by atoms with E-state index in [2.05, 4.69) is 20.4 Å². The third kappa shape index (κ3) is 4.48. The Bertz CT molecular complexity index is 1330. The Morgan fingerprint density at radius 3 is 2.06 bits per heavy atom. The normalized spacial score (nSPS) is 13.5. The van der Waals surface area contributed by atoms with Gasteiger partial charge < -0.3 is 10.2 Å². The van der Waals surface area contributed by atoms with Crippen LogP contribution >= 0.6 is 0 Å². The monoisotopic (exact) mass is 450 g/mol. The zero-order chi connectivity index (χ0) is 23.3. The molecule has 4 aromatic rings. The molecule has 0 radical (unpaired) electrons. The smallest absolute Gasteiger partial charge is 0.277 e. The molecular formula is C28H26N4O2. The number of aromatic nitrogens is 2. The first-order chi connectivity index (χ1) is 16.7. The minimum Gasteiger partial charge on any atom is -0.372 e. The number of benzene rings is 3. The molecule has 0 saturated carbocycles. The number of hydrogen-bond donors (Lipinski definition) is 2. The maximum absolute atomic E-state index is 13.4. The van der Waals surface area contributed by atoms with Crippen molar-refractivity contribution in [3.8, 4) is 22.4 Å². The Kier molecular flexibility index (Phi) is 6.21. The largest absolute Gasteiger partial charge is 0.372 e. The van der Waals surface area contributed by atoms with Crippen LogP contribution in [0.5, 0.6) is 0 Å². The minimum atomic E-state index is -0.527. The molecule has 5 rings (SSSR count). The summed E-state index contributed by atoms with van der Waals surface area (Å²) in [6.45, 7) is 2.11. The van der Waals surface area contributed by atoms with Gasteiger partial charge in [0.05, 0.1) is 5.69 Å². The van der Waals surface area contributed by atoms with Gasteiger partial charge in [0.25, 0.3) is 11.5 Å². The predicted octanol–water partition coefficient (Wildman–Crippen LogP) is 5.35. The number of aromatic amines is 1. The van der Waals surface area contributed by atoms with Crippen molar-refractivity contribution < 1.29 is 4.79 Å². The highest BCUT2D eigenvalue weighted by molar-refractivity contribution is 6.10. The highest BCUT2D eigenvalue weighted by Gasteiger charge is 2.23. The second-order valence-corrected chi connectivity index (χ2v) is 8.43. The Hall–Kier alpha value is -4.19. The molecule has 0 atom stereocenters. The summed E-state index contributed by atoms with van der Waals surface area (Å²) in [6.07, 6.45) is 3.68. The van der Waals surface area contributed by atoms with Crippen molar-refractivity contribution in [3.05, 3.63) is 101 Å². The molecule has 1 aliphatic heterocycles. The van der Waals surface area contributed by atoms with E-state index >= 15 is 0 Å². The highest BCUT2D eigenvalue weighted by atomic mass is 16.2. The number of carbonyl (C=O) groups is 1. The molecule has 1 fully saturated rings. The lowest BCUT2D eigenvalue weighted by atomic mass is 9.95. The van der Waals surface area contributed by atoms with E-state index in [4.69, 9.17) is 0 Å². The molecule has 6 nitrogen and oxygen atoms in total. The van der Waals surface area contributed by atoms with Gasteiger partial charge in [0.2, 0.25) is 0 Å². The second kappa shape index (κ2) is 9.75. The third-order valence-corrected chi connectivity index (χ3v) is 6.17. The van der Waals surface area contributed by atoms with Gasteiger partial charge in [-0.15, -0.1) is 0 Å². The maximum atomic E-state index is 13.4. The number of amides is 1. The van der Waals surface area contributed by atoms with Crippen molar-refractivity contribution in [2.24, 2.45) is 0 Å². The Morgan fingerprint density at radius 2 is 1.41 bits per heavy atom.